The van der Waals surface area contributed by atoms with Crippen molar-refractivity contribution < 1.29 is 23.1 Å². The summed E-state index contributed by atoms with van der Waals surface area (Å²) in [6, 6.07) is 4.46. The van der Waals surface area contributed by atoms with Crippen molar-refractivity contribution in [2.24, 2.45) is 0 Å². The minimum absolute atomic E-state index is 0.00882. The summed E-state index contributed by atoms with van der Waals surface area (Å²) in [6.07, 6.45) is -3.46. The Kier molecular flexibility index (Phi) is 3.72. The number of alkyl halides is 3. The maximum Gasteiger partial charge on any atom is 0.418 e. The Balaban J connectivity index is 2.61. The molecule has 0 unspecified atom stereocenters. The molecule has 17 heavy (non-hydrogen) atoms. The highest BCUT2D eigenvalue weighted by molar-refractivity contribution is 5.92. The first kappa shape index (κ1) is 13.4. The van der Waals surface area contributed by atoms with E-state index in [9.17, 15) is 18.0 Å². The van der Waals surface area contributed by atoms with Gasteiger partial charge in [-0.05, 0) is 19.1 Å². The van der Waals surface area contributed by atoms with Gasteiger partial charge < -0.3 is 10.4 Å². The molecule has 0 saturated carbocycles. The Labute approximate surface area is 95.5 Å². The average Bonchev–Trinajstić information content (AvgIpc) is 2.25. The molecule has 94 valence electrons. The van der Waals surface area contributed by atoms with Crippen LogP contribution in [0.2, 0.25) is 0 Å². The Morgan fingerprint density at radius 1 is 1.47 bits per heavy atom. The van der Waals surface area contributed by atoms with Gasteiger partial charge in [0.2, 0.25) is 0 Å². The van der Waals surface area contributed by atoms with Gasteiger partial charge in [-0.2, -0.15) is 13.2 Å². The molecule has 1 atom stereocenters. The van der Waals surface area contributed by atoms with Crippen molar-refractivity contribution in [2.45, 2.75) is 18.7 Å². The van der Waals surface area contributed by atoms with Crippen LogP contribution >= 0.6 is 0 Å². The van der Waals surface area contributed by atoms with Gasteiger partial charge in [0.05, 0.1) is 6.54 Å². The van der Waals surface area contributed by atoms with Gasteiger partial charge in [-0.25, -0.2) is 0 Å². The number of carbonyl (C=O) groups excluding carboxylic acids is 1. The van der Waals surface area contributed by atoms with Crippen LogP contribution in [0.3, 0.4) is 0 Å². The molecule has 7 heteroatoms. The minimum Gasteiger partial charge on any atom is -0.379 e. The molecule has 0 saturated heterocycles. The van der Waals surface area contributed by atoms with Gasteiger partial charge in [0.15, 0.2) is 5.60 Å². The van der Waals surface area contributed by atoms with Crippen LogP contribution in [0.15, 0.2) is 24.4 Å². The first-order chi connectivity index (χ1) is 7.74. The third-order valence-corrected chi connectivity index (χ3v) is 2.10. The van der Waals surface area contributed by atoms with Crippen LogP contribution in [0.1, 0.15) is 17.4 Å². The topological polar surface area (TPSA) is 62.2 Å². The number of halogens is 3. The summed E-state index contributed by atoms with van der Waals surface area (Å²) in [5.74, 6) is -0.768. The monoisotopic (exact) mass is 248 g/mol. The van der Waals surface area contributed by atoms with Crippen LogP contribution in [-0.2, 0) is 0 Å². The van der Waals surface area contributed by atoms with E-state index in [0.717, 1.165) is 0 Å². The van der Waals surface area contributed by atoms with Crippen molar-refractivity contribution in [1.29, 1.82) is 0 Å². The Bertz CT molecular complexity index is 390. The third kappa shape index (κ3) is 3.42. The summed E-state index contributed by atoms with van der Waals surface area (Å²) >= 11 is 0. The zero-order chi connectivity index (χ0) is 13.1. The quantitative estimate of drug-likeness (QED) is 0.842. The fourth-order valence-electron chi connectivity index (χ4n) is 0.940. The molecule has 1 heterocycles. The van der Waals surface area contributed by atoms with E-state index in [1.165, 1.54) is 18.3 Å². The number of amides is 1. The number of hydrogen-bond donors (Lipinski definition) is 2. The highest BCUT2D eigenvalue weighted by Gasteiger charge is 2.49. The van der Waals surface area contributed by atoms with Crippen molar-refractivity contribution >= 4 is 5.91 Å². The lowest BCUT2D eigenvalue weighted by Crippen LogP contribution is -2.51. The molecule has 1 amide bonds. The molecule has 0 aliphatic carbocycles. The zero-order valence-electron chi connectivity index (χ0n) is 8.95. The second kappa shape index (κ2) is 4.70. The maximum atomic E-state index is 12.3. The van der Waals surface area contributed by atoms with Crippen molar-refractivity contribution in [3.63, 3.8) is 0 Å². The third-order valence-electron chi connectivity index (χ3n) is 2.10. The lowest BCUT2D eigenvalue weighted by atomic mass is 10.1. The minimum atomic E-state index is -4.80. The van der Waals surface area contributed by atoms with E-state index < -0.39 is 24.2 Å². The smallest absolute Gasteiger partial charge is 0.379 e. The van der Waals surface area contributed by atoms with Crippen molar-refractivity contribution in [1.82, 2.24) is 10.3 Å². The Morgan fingerprint density at radius 2 is 2.12 bits per heavy atom. The molecule has 0 bridgehead atoms. The molecule has 1 rings (SSSR count). The van der Waals surface area contributed by atoms with E-state index in [-0.39, 0.29) is 5.69 Å². The number of aromatic nitrogens is 1. The van der Waals surface area contributed by atoms with Crippen LogP contribution < -0.4 is 5.32 Å². The molecule has 4 nitrogen and oxygen atoms in total. The Morgan fingerprint density at radius 3 is 2.59 bits per heavy atom. The van der Waals surface area contributed by atoms with Gasteiger partial charge in [-0.3, -0.25) is 9.78 Å². The molecule has 1 aromatic rings. The SMILES string of the molecule is C[C@](O)(CNC(=O)c1ccccn1)C(F)(F)F. The number of nitrogens with one attached hydrogen (secondary N) is 1. The summed E-state index contributed by atoms with van der Waals surface area (Å²) in [5, 5.41) is 11.1. The van der Waals surface area contributed by atoms with E-state index >= 15 is 0 Å². The molecule has 0 aromatic carbocycles. The largest absolute Gasteiger partial charge is 0.418 e. The summed E-state index contributed by atoms with van der Waals surface area (Å²) in [5.41, 5.74) is -2.97. The number of aliphatic hydroxyl groups is 1. The van der Waals surface area contributed by atoms with Gasteiger partial charge in [0.1, 0.15) is 5.69 Å². The van der Waals surface area contributed by atoms with Crippen molar-refractivity contribution in [3.8, 4) is 0 Å². The first-order valence-corrected chi connectivity index (χ1v) is 4.72. The molecule has 0 spiro atoms. The molecular weight excluding hydrogens is 237 g/mol. The van der Waals surface area contributed by atoms with Gasteiger partial charge in [0, 0.05) is 6.20 Å². The molecule has 2 N–H and O–H groups in total. The number of pyridine rings is 1. The van der Waals surface area contributed by atoms with E-state index in [4.69, 9.17) is 5.11 Å². The van der Waals surface area contributed by atoms with Crippen LogP contribution in [0.4, 0.5) is 13.2 Å². The van der Waals surface area contributed by atoms with Crippen LogP contribution in [0.5, 0.6) is 0 Å². The van der Waals surface area contributed by atoms with E-state index in [2.05, 4.69) is 4.98 Å². The highest BCUT2D eigenvalue weighted by Crippen LogP contribution is 2.29. The lowest BCUT2D eigenvalue weighted by molar-refractivity contribution is -0.249. The normalized spacial score (nSPS) is 15.1. The van der Waals surface area contributed by atoms with E-state index in [1.54, 1.807) is 6.07 Å². The number of rotatable bonds is 3. The first-order valence-electron chi connectivity index (χ1n) is 4.72. The average molecular weight is 248 g/mol. The molecule has 0 aliphatic rings. The van der Waals surface area contributed by atoms with E-state index in [1.807, 2.05) is 5.32 Å². The fraction of sp³-hybridized carbons (Fsp3) is 0.400. The summed E-state index contributed by atoms with van der Waals surface area (Å²) < 4.78 is 36.8. The number of nitrogens with zero attached hydrogens (tertiary/aromatic N) is 1. The second-order valence-electron chi connectivity index (χ2n) is 3.67. The molecule has 0 fully saturated rings. The highest BCUT2D eigenvalue weighted by atomic mass is 19.4. The zero-order valence-corrected chi connectivity index (χ0v) is 8.95. The van der Waals surface area contributed by atoms with Crippen molar-refractivity contribution in [3.05, 3.63) is 30.1 Å². The predicted octanol–water partition coefficient (Wildman–Crippen LogP) is 1.12. The maximum absolute atomic E-state index is 12.3. The summed E-state index contributed by atoms with van der Waals surface area (Å²) in [6.45, 7) is -0.336. The van der Waals surface area contributed by atoms with Crippen molar-refractivity contribution in [2.75, 3.05) is 6.54 Å². The number of carbonyl (C=O) groups is 1. The van der Waals surface area contributed by atoms with E-state index in [0.29, 0.717) is 6.92 Å². The molecular formula is C10H11F3N2O2. The molecule has 0 aliphatic heterocycles. The predicted molar refractivity (Wildman–Crippen MR) is 53.2 cm³/mol. The summed E-state index contributed by atoms with van der Waals surface area (Å²) in [7, 11) is 0. The fourth-order valence-corrected chi connectivity index (χ4v) is 0.940. The van der Waals surface area contributed by atoms with Gasteiger partial charge in [-0.15, -0.1) is 0 Å². The van der Waals surface area contributed by atoms with Gasteiger partial charge in [0.25, 0.3) is 5.91 Å². The van der Waals surface area contributed by atoms with Crippen LogP contribution in [-0.4, -0.2) is 34.3 Å². The standard InChI is InChI=1S/C10H11F3N2O2/c1-9(17,10(11,12)13)6-15-8(16)7-4-2-3-5-14-7/h2-5,17H,6H2,1H3,(H,15,16)/t9-/m0/s1. The van der Waals surface area contributed by atoms with Gasteiger partial charge >= 0.3 is 6.18 Å². The number of hydrogen-bond acceptors (Lipinski definition) is 3. The summed E-state index contributed by atoms with van der Waals surface area (Å²) in [4.78, 5) is 15.0. The molecule has 1 aromatic heterocycles. The lowest BCUT2D eigenvalue weighted by Gasteiger charge is -2.26. The van der Waals surface area contributed by atoms with Crippen LogP contribution in [0.25, 0.3) is 0 Å². The second-order valence-corrected chi connectivity index (χ2v) is 3.67. The molecule has 0 radical (unpaired) electrons. The Hall–Kier alpha value is -1.63. The van der Waals surface area contributed by atoms with Gasteiger partial charge in [-0.1, -0.05) is 6.07 Å². The van der Waals surface area contributed by atoms with Crippen LogP contribution in [0, 0.1) is 0 Å².